The summed E-state index contributed by atoms with van der Waals surface area (Å²) in [7, 11) is 3.54. The van der Waals surface area contributed by atoms with Crippen molar-refractivity contribution in [2.45, 2.75) is 6.42 Å². The van der Waals surface area contributed by atoms with Gasteiger partial charge in [0, 0.05) is 26.8 Å². The lowest BCUT2D eigenvalue weighted by molar-refractivity contribution is -0.150. The Kier molecular flexibility index (Phi) is 4.50. The number of methoxy groups -OCH3 is 1. The van der Waals surface area contributed by atoms with Crippen molar-refractivity contribution < 1.29 is 19.4 Å². The Labute approximate surface area is 90.0 Å². The molecule has 1 aliphatic heterocycles. The van der Waals surface area contributed by atoms with Crippen LogP contribution in [0.2, 0.25) is 0 Å². The molecule has 1 fully saturated rings. The Morgan fingerprint density at radius 1 is 1.67 bits per heavy atom. The molecule has 88 valence electrons. The van der Waals surface area contributed by atoms with Gasteiger partial charge in [-0.05, 0) is 13.5 Å². The van der Waals surface area contributed by atoms with Gasteiger partial charge in [-0.2, -0.15) is 0 Å². The summed E-state index contributed by atoms with van der Waals surface area (Å²) in [5, 5.41) is 9.20. The molecule has 0 aromatic heterocycles. The van der Waals surface area contributed by atoms with Crippen molar-refractivity contribution in [1.29, 1.82) is 0 Å². The molecule has 1 rings (SSSR count). The van der Waals surface area contributed by atoms with E-state index >= 15 is 0 Å². The Bertz CT molecular complexity index is 213. The summed E-state index contributed by atoms with van der Waals surface area (Å²) in [6.45, 7) is 2.74. The van der Waals surface area contributed by atoms with Gasteiger partial charge >= 0.3 is 5.97 Å². The lowest BCUT2D eigenvalue weighted by atomic mass is 9.87. The molecular formula is C10H19NO4. The molecule has 0 bridgehead atoms. The van der Waals surface area contributed by atoms with E-state index in [9.17, 15) is 9.90 Å². The summed E-state index contributed by atoms with van der Waals surface area (Å²) in [5.74, 6) is -0.760. The van der Waals surface area contributed by atoms with E-state index in [0.29, 0.717) is 32.8 Å². The molecule has 1 N–H and O–H groups in total. The standard InChI is InChI=1S/C10H19NO4/c1-11(4-6-14-2)7-10(9(12)13)3-5-15-8-10/h3-8H2,1-2H3,(H,12,13). The molecule has 0 radical (unpaired) electrons. The van der Waals surface area contributed by atoms with Crippen molar-refractivity contribution in [2.75, 3.05) is 47.1 Å². The van der Waals surface area contributed by atoms with Gasteiger partial charge in [-0.15, -0.1) is 0 Å². The van der Waals surface area contributed by atoms with Gasteiger partial charge in [-0.3, -0.25) is 4.79 Å². The third kappa shape index (κ3) is 3.15. The Morgan fingerprint density at radius 3 is 2.87 bits per heavy atom. The van der Waals surface area contributed by atoms with Crippen molar-refractivity contribution in [3.05, 3.63) is 0 Å². The van der Waals surface area contributed by atoms with E-state index in [0.717, 1.165) is 6.54 Å². The van der Waals surface area contributed by atoms with Gasteiger partial charge in [-0.25, -0.2) is 0 Å². The monoisotopic (exact) mass is 217 g/mol. The summed E-state index contributed by atoms with van der Waals surface area (Å²) in [4.78, 5) is 13.2. The highest BCUT2D eigenvalue weighted by atomic mass is 16.5. The first-order valence-corrected chi connectivity index (χ1v) is 5.09. The predicted molar refractivity (Wildman–Crippen MR) is 54.9 cm³/mol. The number of carbonyl (C=O) groups is 1. The van der Waals surface area contributed by atoms with Crippen molar-refractivity contribution in [3.63, 3.8) is 0 Å². The average Bonchev–Trinajstić information content (AvgIpc) is 2.64. The van der Waals surface area contributed by atoms with Crippen LogP contribution in [0.15, 0.2) is 0 Å². The van der Waals surface area contributed by atoms with Crippen molar-refractivity contribution >= 4 is 5.97 Å². The molecule has 0 aliphatic carbocycles. The number of carboxylic acid groups (broad SMARTS) is 1. The third-order valence-electron chi connectivity index (χ3n) is 2.81. The predicted octanol–water partition coefficient (Wildman–Crippen LogP) is 0.0559. The second-order valence-electron chi connectivity index (χ2n) is 4.12. The number of aliphatic carboxylic acids is 1. The molecule has 5 nitrogen and oxygen atoms in total. The van der Waals surface area contributed by atoms with Crippen molar-refractivity contribution in [2.24, 2.45) is 5.41 Å². The lowest BCUT2D eigenvalue weighted by Gasteiger charge is -2.28. The minimum atomic E-state index is -0.760. The second kappa shape index (κ2) is 5.44. The maximum Gasteiger partial charge on any atom is 0.313 e. The summed E-state index contributed by atoms with van der Waals surface area (Å²) in [6, 6.07) is 0. The van der Waals surface area contributed by atoms with Gasteiger partial charge in [0.1, 0.15) is 5.41 Å². The fourth-order valence-corrected chi connectivity index (χ4v) is 1.81. The highest BCUT2D eigenvalue weighted by molar-refractivity contribution is 5.75. The Balaban J connectivity index is 2.48. The van der Waals surface area contributed by atoms with Gasteiger partial charge in [0.25, 0.3) is 0 Å². The van der Waals surface area contributed by atoms with E-state index < -0.39 is 11.4 Å². The van der Waals surface area contributed by atoms with E-state index in [4.69, 9.17) is 9.47 Å². The van der Waals surface area contributed by atoms with Gasteiger partial charge in [0.2, 0.25) is 0 Å². The molecule has 0 spiro atoms. The van der Waals surface area contributed by atoms with E-state index in [1.54, 1.807) is 7.11 Å². The second-order valence-corrected chi connectivity index (χ2v) is 4.12. The van der Waals surface area contributed by atoms with Gasteiger partial charge in [-0.1, -0.05) is 0 Å². The minimum absolute atomic E-state index is 0.319. The zero-order chi connectivity index (χ0) is 11.3. The maximum atomic E-state index is 11.2. The zero-order valence-corrected chi connectivity index (χ0v) is 9.36. The first kappa shape index (κ1) is 12.4. The Morgan fingerprint density at radius 2 is 2.40 bits per heavy atom. The Hall–Kier alpha value is -0.650. The minimum Gasteiger partial charge on any atom is -0.481 e. The molecule has 5 heteroatoms. The van der Waals surface area contributed by atoms with Crippen molar-refractivity contribution in [1.82, 2.24) is 4.90 Å². The van der Waals surface area contributed by atoms with Crippen LogP contribution >= 0.6 is 0 Å². The first-order chi connectivity index (χ1) is 7.10. The maximum absolute atomic E-state index is 11.2. The van der Waals surface area contributed by atoms with E-state index in [-0.39, 0.29) is 0 Å². The average molecular weight is 217 g/mol. The molecule has 1 saturated heterocycles. The molecule has 1 heterocycles. The first-order valence-electron chi connectivity index (χ1n) is 5.09. The molecule has 15 heavy (non-hydrogen) atoms. The molecule has 0 saturated carbocycles. The number of hydrogen-bond acceptors (Lipinski definition) is 4. The molecular weight excluding hydrogens is 198 g/mol. The molecule has 1 unspecified atom stereocenters. The zero-order valence-electron chi connectivity index (χ0n) is 9.36. The van der Waals surface area contributed by atoms with Crippen LogP contribution in [-0.4, -0.2) is 63.0 Å². The lowest BCUT2D eigenvalue weighted by Crippen LogP contribution is -2.43. The summed E-state index contributed by atoms with van der Waals surface area (Å²) >= 11 is 0. The number of rotatable bonds is 6. The number of likely N-dealkylation sites (N-methyl/N-ethyl adjacent to an activating group) is 1. The highest BCUT2D eigenvalue weighted by Gasteiger charge is 2.43. The van der Waals surface area contributed by atoms with Crippen LogP contribution < -0.4 is 0 Å². The van der Waals surface area contributed by atoms with Crippen LogP contribution in [0.5, 0.6) is 0 Å². The fourth-order valence-electron chi connectivity index (χ4n) is 1.81. The smallest absolute Gasteiger partial charge is 0.313 e. The summed E-state index contributed by atoms with van der Waals surface area (Å²) in [6.07, 6.45) is 0.597. The summed E-state index contributed by atoms with van der Waals surface area (Å²) in [5.41, 5.74) is -0.720. The van der Waals surface area contributed by atoms with Gasteiger partial charge in [0.15, 0.2) is 0 Å². The van der Waals surface area contributed by atoms with E-state index in [1.807, 2.05) is 11.9 Å². The van der Waals surface area contributed by atoms with Gasteiger partial charge < -0.3 is 19.5 Å². The molecule has 0 aromatic carbocycles. The molecule has 0 amide bonds. The highest BCUT2D eigenvalue weighted by Crippen LogP contribution is 2.29. The van der Waals surface area contributed by atoms with Crippen molar-refractivity contribution in [3.8, 4) is 0 Å². The van der Waals surface area contributed by atoms with Crippen LogP contribution in [0.4, 0.5) is 0 Å². The SMILES string of the molecule is COCCN(C)CC1(C(=O)O)CCOC1. The number of ether oxygens (including phenoxy) is 2. The number of carboxylic acids is 1. The number of hydrogen-bond donors (Lipinski definition) is 1. The van der Waals surface area contributed by atoms with Crippen LogP contribution in [0, 0.1) is 5.41 Å². The van der Waals surface area contributed by atoms with E-state index in [1.165, 1.54) is 0 Å². The molecule has 0 aromatic rings. The van der Waals surface area contributed by atoms with Crippen LogP contribution in [0.3, 0.4) is 0 Å². The van der Waals surface area contributed by atoms with E-state index in [2.05, 4.69) is 0 Å². The van der Waals surface area contributed by atoms with Crippen LogP contribution in [0.25, 0.3) is 0 Å². The molecule has 1 atom stereocenters. The normalized spacial score (nSPS) is 26.1. The quantitative estimate of drug-likeness (QED) is 0.681. The van der Waals surface area contributed by atoms with Gasteiger partial charge in [0.05, 0.1) is 13.2 Å². The van der Waals surface area contributed by atoms with Crippen LogP contribution in [0.1, 0.15) is 6.42 Å². The third-order valence-corrected chi connectivity index (χ3v) is 2.81. The van der Waals surface area contributed by atoms with Crippen LogP contribution in [-0.2, 0) is 14.3 Å². The summed E-state index contributed by atoms with van der Waals surface area (Å²) < 4.78 is 10.1. The molecule has 1 aliphatic rings. The fraction of sp³-hybridized carbons (Fsp3) is 0.900. The largest absolute Gasteiger partial charge is 0.481 e. The number of nitrogens with zero attached hydrogens (tertiary/aromatic N) is 1. The topological polar surface area (TPSA) is 59.0 Å².